The molecule has 1 amide bonds. The number of furan rings is 1. The molecule has 2 N–H and O–H groups in total. The average Bonchev–Trinajstić information content (AvgIpc) is 3.46. The number of rotatable bonds is 6. The van der Waals surface area contributed by atoms with Crippen LogP contribution in [-0.2, 0) is 0 Å². The van der Waals surface area contributed by atoms with Crippen molar-refractivity contribution >= 4 is 27.8 Å². The highest BCUT2D eigenvalue weighted by Gasteiger charge is 2.23. The van der Waals surface area contributed by atoms with Crippen LogP contribution in [0.5, 0.6) is 0 Å². The Hall–Kier alpha value is -3.09. The van der Waals surface area contributed by atoms with Crippen LogP contribution in [0.2, 0.25) is 0 Å². The molecule has 6 rings (SSSR count). The molecular formula is C30H36N4O2. The number of carbonyl (C=O) groups excluding carboxylic acids is 1. The predicted molar refractivity (Wildman–Crippen MR) is 145 cm³/mol. The van der Waals surface area contributed by atoms with Crippen molar-refractivity contribution < 1.29 is 9.21 Å². The van der Waals surface area contributed by atoms with Crippen LogP contribution in [0.15, 0.2) is 59.0 Å². The Morgan fingerprint density at radius 1 is 0.889 bits per heavy atom. The SMILES string of the molecule is O=C(NC1CCN(CCN2CCCCCC2)CC1)c1cc2c(ccc3cc(-c4ccccc4)oc32)[nH]1. The van der Waals surface area contributed by atoms with E-state index in [-0.39, 0.29) is 11.9 Å². The highest BCUT2D eigenvalue weighted by Crippen LogP contribution is 2.33. The van der Waals surface area contributed by atoms with Gasteiger partial charge >= 0.3 is 0 Å². The van der Waals surface area contributed by atoms with Crippen molar-refractivity contribution in [1.29, 1.82) is 0 Å². The number of benzene rings is 2. The Morgan fingerprint density at radius 2 is 1.61 bits per heavy atom. The molecule has 36 heavy (non-hydrogen) atoms. The molecule has 0 radical (unpaired) electrons. The maximum atomic E-state index is 13.1. The maximum absolute atomic E-state index is 13.1. The standard InChI is InChI=1S/C30H36N4O2/c35-30(31-24-12-16-34(17-13-24)19-18-33-14-6-1-2-7-15-33)27-21-25-26(32-27)11-10-23-20-28(36-29(23)25)22-8-4-3-5-9-22/h3-5,8-11,20-21,24,32H,1-2,6-7,12-19H2,(H,31,35). The summed E-state index contributed by atoms with van der Waals surface area (Å²) in [5.74, 6) is 0.810. The highest BCUT2D eigenvalue weighted by molar-refractivity contribution is 6.08. The van der Waals surface area contributed by atoms with Gasteiger partial charge in [-0.05, 0) is 63.0 Å². The van der Waals surface area contributed by atoms with Gasteiger partial charge in [0.15, 0.2) is 0 Å². The number of nitrogens with one attached hydrogen (secondary N) is 2. The van der Waals surface area contributed by atoms with Gasteiger partial charge in [-0.3, -0.25) is 4.79 Å². The Kier molecular flexibility index (Phi) is 6.79. The van der Waals surface area contributed by atoms with Gasteiger partial charge in [0.25, 0.3) is 5.91 Å². The van der Waals surface area contributed by atoms with Gasteiger partial charge in [0, 0.05) is 54.1 Å². The summed E-state index contributed by atoms with van der Waals surface area (Å²) in [6, 6.07) is 18.4. The zero-order valence-corrected chi connectivity index (χ0v) is 21.0. The minimum atomic E-state index is -0.0304. The van der Waals surface area contributed by atoms with Gasteiger partial charge in [-0.15, -0.1) is 0 Å². The quantitative estimate of drug-likeness (QED) is 0.371. The van der Waals surface area contributed by atoms with E-state index in [1.165, 1.54) is 45.3 Å². The number of likely N-dealkylation sites (tertiary alicyclic amines) is 2. The van der Waals surface area contributed by atoms with E-state index in [1.54, 1.807) is 0 Å². The van der Waals surface area contributed by atoms with Gasteiger partial charge < -0.3 is 24.5 Å². The first-order chi connectivity index (χ1) is 17.7. The fourth-order valence-electron chi connectivity index (χ4n) is 5.78. The van der Waals surface area contributed by atoms with Crippen LogP contribution in [0.25, 0.3) is 33.2 Å². The molecule has 6 nitrogen and oxygen atoms in total. The minimum Gasteiger partial charge on any atom is -0.455 e. The molecule has 188 valence electrons. The van der Waals surface area contributed by atoms with Crippen molar-refractivity contribution in [2.75, 3.05) is 39.3 Å². The summed E-state index contributed by atoms with van der Waals surface area (Å²) in [7, 11) is 0. The zero-order chi connectivity index (χ0) is 24.3. The second-order valence-corrected chi connectivity index (χ2v) is 10.5. The monoisotopic (exact) mass is 484 g/mol. The Labute approximate surface area is 212 Å². The average molecular weight is 485 g/mol. The normalized spacial score (nSPS) is 18.6. The molecular weight excluding hydrogens is 448 g/mol. The fourth-order valence-corrected chi connectivity index (χ4v) is 5.78. The number of H-pyrrole nitrogens is 1. The molecule has 2 aromatic carbocycles. The van der Waals surface area contributed by atoms with Crippen molar-refractivity contribution in [3.63, 3.8) is 0 Å². The number of hydrogen-bond donors (Lipinski definition) is 2. The topological polar surface area (TPSA) is 64.5 Å². The van der Waals surface area contributed by atoms with Gasteiger partial charge in [-0.2, -0.15) is 0 Å². The molecule has 4 heterocycles. The third kappa shape index (κ3) is 5.06. The van der Waals surface area contributed by atoms with Crippen molar-refractivity contribution in [2.45, 2.75) is 44.6 Å². The summed E-state index contributed by atoms with van der Waals surface area (Å²) in [5.41, 5.74) is 3.39. The third-order valence-electron chi connectivity index (χ3n) is 7.94. The Morgan fingerprint density at radius 3 is 2.36 bits per heavy atom. The highest BCUT2D eigenvalue weighted by atomic mass is 16.3. The minimum absolute atomic E-state index is 0.0304. The Bertz CT molecular complexity index is 1310. The first kappa shape index (κ1) is 23.3. The largest absolute Gasteiger partial charge is 0.455 e. The van der Waals surface area contributed by atoms with Gasteiger partial charge in [0.2, 0.25) is 0 Å². The summed E-state index contributed by atoms with van der Waals surface area (Å²) < 4.78 is 6.24. The number of aromatic amines is 1. The van der Waals surface area contributed by atoms with Crippen molar-refractivity contribution in [1.82, 2.24) is 20.1 Å². The molecule has 2 aliphatic rings. The molecule has 4 aromatic rings. The summed E-state index contributed by atoms with van der Waals surface area (Å²) in [5, 5.41) is 5.26. The summed E-state index contributed by atoms with van der Waals surface area (Å²) in [4.78, 5) is 21.6. The lowest BCUT2D eigenvalue weighted by Crippen LogP contribution is -2.46. The summed E-state index contributed by atoms with van der Waals surface area (Å²) in [6.07, 6.45) is 7.49. The molecule has 0 unspecified atom stereocenters. The number of nitrogens with zero attached hydrogens (tertiary/aromatic N) is 2. The van der Waals surface area contributed by atoms with Crippen LogP contribution >= 0.6 is 0 Å². The molecule has 0 saturated carbocycles. The van der Waals surface area contributed by atoms with Crippen molar-refractivity contribution in [3.8, 4) is 11.3 Å². The Balaban J connectivity index is 1.07. The van der Waals surface area contributed by atoms with Crippen LogP contribution in [0, 0.1) is 0 Å². The first-order valence-electron chi connectivity index (χ1n) is 13.6. The van der Waals surface area contributed by atoms with Gasteiger partial charge in [0.05, 0.1) is 0 Å². The zero-order valence-electron chi connectivity index (χ0n) is 21.0. The lowest BCUT2D eigenvalue weighted by Gasteiger charge is -2.33. The fraction of sp³-hybridized carbons (Fsp3) is 0.433. The molecule has 2 aliphatic heterocycles. The number of fused-ring (bicyclic) bond motifs is 3. The second-order valence-electron chi connectivity index (χ2n) is 10.5. The maximum Gasteiger partial charge on any atom is 0.267 e. The predicted octanol–water partition coefficient (Wildman–Crippen LogP) is 5.65. The van der Waals surface area contributed by atoms with E-state index in [0.29, 0.717) is 5.69 Å². The van der Waals surface area contributed by atoms with Gasteiger partial charge in [-0.1, -0.05) is 43.2 Å². The van der Waals surface area contributed by atoms with Gasteiger partial charge in [-0.25, -0.2) is 0 Å². The molecule has 2 aromatic heterocycles. The number of piperidine rings is 1. The third-order valence-corrected chi connectivity index (χ3v) is 7.94. The molecule has 2 saturated heterocycles. The molecule has 0 atom stereocenters. The van der Waals surface area contributed by atoms with E-state index in [1.807, 2.05) is 48.5 Å². The second kappa shape index (κ2) is 10.5. The molecule has 0 bridgehead atoms. The molecule has 0 spiro atoms. The van der Waals surface area contributed by atoms with Crippen LogP contribution in [0.1, 0.15) is 49.0 Å². The van der Waals surface area contributed by atoms with Crippen LogP contribution in [-0.4, -0.2) is 66.0 Å². The van der Waals surface area contributed by atoms with Crippen LogP contribution in [0.4, 0.5) is 0 Å². The number of aromatic nitrogens is 1. The number of hydrogen-bond acceptors (Lipinski definition) is 4. The van der Waals surface area contributed by atoms with Crippen LogP contribution in [0.3, 0.4) is 0 Å². The first-order valence-corrected chi connectivity index (χ1v) is 13.6. The van der Waals surface area contributed by atoms with Crippen molar-refractivity contribution in [2.24, 2.45) is 0 Å². The van der Waals surface area contributed by atoms with E-state index in [9.17, 15) is 4.79 Å². The molecule has 2 fully saturated rings. The van der Waals surface area contributed by atoms with Gasteiger partial charge in [0.1, 0.15) is 17.0 Å². The number of amides is 1. The van der Waals surface area contributed by atoms with E-state index < -0.39 is 0 Å². The van der Waals surface area contributed by atoms with Crippen molar-refractivity contribution in [3.05, 3.63) is 60.3 Å². The van der Waals surface area contributed by atoms with E-state index >= 15 is 0 Å². The van der Waals surface area contributed by atoms with E-state index in [4.69, 9.17) is 4.42 Å². The lowest BCUT2D eigenvalue weighted by atomic mass is 10.0. The van der Waals surface area contributed by atoms with E-state index in [0.717, 1.165) is 65.7 Å². The van der Waals surface area contributed by atoms with E-state index in [2.05, 4.69) is 26.2 Å². The lowest BCUT2D eigenvalue weighted by molar-refractivity contribution is 0.0902. The van der Waals surface area contributed by atoms with Crippen LogP contribution < -0.4 is 5.32 Å². The summed E-state index contributed by atoms with van der Waals surface area (Å²) >= 11 is 0. The molecule has 6 heteroatoms. The molecule has 0 aliphatic carbocycles. The smallest absolute Gasteiger partial charge is 0.267 e. The summed E-state index contributed by atoms with van der Waals surface area (Å²) in [6.45, 7) is 6.96. The number of carbonyl (C=O) groups is 1.